The van der Waals surface area contributed by atoms with Crippen molar-refractivity contribution >= 4 is 11.6 Å². The summed E-state index contributed by atoms with van der Waals surface area (Å²) in [6, 6.07) is 12.4. The third-order valence-corrected chi connectivity index (χ3v) is 2.81. The molecule has 0 bridgehead atoms. The average molecular weight is 251 g/mol. The Morgan fingerprint density at radius 1 is 1.32 bits per heavy atom. The SMILES string of the molecule is Cc1cc(C(=O)N(C)c2cccc(C#N)c2)ccn1. The highest BCUT2D eigenvalue weighted by molar-refractivity contribution is 6.05. The van der Waals surface area contributed by atoms with E-state index in [9.17, 15) is 4.79 Å². The molecular formula is C15H13N3O. The standard InChI is InChI=1S/C15H13N3O/c1-11-8-13(6-7-17-11)15(19)18(2)14-5-3-4-12(9-14)10-16/h3-9H,1-2H3. The van der Waals surface area contributed by atoms with Crippen molar-refractivity contribution < 1.29 is 4.79 Å². The molecule has 1 heterocycles. The van der Waals surface area contributed by atoms with E-state index in [0.717, 1.165) is 5.69 Å². The van der Waals surface area contributed by atoms with Crippen LogP contribution >= 0.6 is 0 Å². The Morgan fingerprint density at radius 3 is 2.79 bits per heavy atom. The van der Waals surface area contributed by atoms with E-state index in [0.29, 0.717) is 16.8 Å². The number of hydrogen-bond acceptors (Lipinski definition) is 3. The number of nitriles is 1. The molecule has 4 nitrogen and oxygen atoms in total. The van der Waals surface area contributed by atoms with Crippen LogP contribution in [-0.4, -0.2) is 17.9 Å². The van der Waals surface area contributed by atoms with Gasteiger partial charge in [0.05, 0.1) is 11.6 Å². The van der Waals surface area contributed by atoms with Crippen LogP contribution in [0.5, 0.6) is 0 Å². The number of rotatable bonds is 2. The lowest BCUT2D eigenvalue weighted by molar-refractivity contribution is 0.0993. The third kappa shape index (κ3) is 2.78. The number of hydrogen-bond donors (Lipinski definition) is 0. The van der Waals surface area contributed by atoms with Crippen LogP contribution in [0.25, 0.3) is 0 Å². The predicted octanol–water partition coefficient (Wildman–Crippen LogP) is 2.54. The second kappa shape index (κ2) is 5.32. The zero-order valence-electron chi connectivity index (χ0n) is 10.8. The van der Waals surface area contributed by atoms with Gasteiger partial charge < -0.3 is 4.90 Å². The summed E-state index contributed by atoms with van der Waals surface area (Å²) in [5.41, 5.74) is 2.60. The van der Waals surface area contributed by atoms with E-state index in [1.165, 1.54) is 4.90 Å². The first-order valence-electron chi connectivity index (χ1n) is 5.82. The summed E-state index contributed by atoms with van der Waals surface area (Å²) >= 11 is 0. The van der Waals surface area contributed by atoms with Crippen LogP contribution in [-0.2, 0) is 0 Å². The van der Waals surface area contributed by atoms with Crippen LogP contribution in [0.15, 0.2) is 42.6 Å². The van der Waals surface area contributed by atoms with Crippen molar-refractivity contribution in [1.29, 1.82) is 5.26 Å². The summed E-state index contributed by atoms with van der Waals surface area (Å²) in [7, 11) is 1.69. The summed E-state index contributed by atoms with van der Waals surface area (Å²) in [4.78, 5) is 17.9. The molecule has 0 fully saturated rings. The number of aromatic nitrogens is 1. The van der Waals surface area contributed by atoms with Gasteiger partial charge in [-0.1, -0.05) is 6.07 Å². The normalized spacial score (nSPS) is 9.74. The summed E-state index contributed by atoms with van der Waals surface area (Å²) in [5, 5.41) is 8.87. The highest BCUT2D eigenvalue weighted by Gasteiger charge is 2.13. The molecule has 0 radical (unpaired) electrons. The molecule has 1 aromatic carbocycles. The van der Waals surface area contributed by atoms with E-state index >= 15 is 0 Å². The highest BCUT2D eigenvalue weighted by Crippen LogP contribution is 2.17. The number of carbonyl (C=O) groups is 1. The maximum absolute atomic E-state index is 12.3. The second-order valence-electron chi connectivity index (χ2n) is 4.21. The number of anilines is 1. The van der Waals surface area contributed by atoms with Crippen LogP contribution in [0.2, 0.25) is 0 Å². The molecule has 2 aromatic rings. The quantitative estimate of drug-likeness (QED) is 0.824. The Balaban J connectivity index is 2.31. The van der Waals surface area contributed by atoms with E-state index in [1.54, 1.807) is 49.6 Å². The van der Waals surface area contributed by atoms with Gasteiger partial charge in [0.15, 0.2) is 0 Å². The minimum Gasteiger partial charge on any atom is -0.311 e. The molecule has 0 spiro atoms. The molecule has 1 amide bonds. The molecule has 2 rings (SSSR count). The second-order valence-corrected chi connectivity index (χ2v) is 4.21. The van der Waals surface area contributed by atoms with Crippen molar-refractivity contribution in [2.45, 2.75) is 6.92 Å². The summed E-state index contributed by atoms with van der Waals surface area (Å²) in [5.74, 6) is -0.124. The van der Waals surface area contributed by atoms with Crippen molar-refractivity contribution in [1.82, 2.24) is 4.98 Å². The molecule has 0 saturated heterocycles. The fraction of sp³-hybridized carbons (Fsp3) is 0.133. The number of aryl methyl sites for hydroxylation is 1. The van der Waals surface area contributed by atoms with Crippen LogP contribution in [0.4, 0.5) is 5.69 Å². The van der Waals surface area contributed by atoms with Crippen LogP contribution < -0.4 is 4.90 Å². The molecule has 0 aliphatic carbocycles. The molecule has 0 saturated carbocycles. The molecule has 19 heavy (non-hydrogen) atoms. The van der Waals surface area contributed by atoms with E-state index in [1.807, 2.05) is 6.92 Å². The third-order valence-electron chi connectivity index (χ3n) is 2.81. The maximum Gasteiger partial charge on any atom is 0.258 e. The molecular weight excluding hydrogens is 238 g/mol. The van der Waals surface area contributed by atoms with Crippen molar-refractivity contribution in [3.63, 3.8) is 0 Å². The van der Waals surface area contributed by atoms with Gasteiger partial charge in [0.2, 0.25) is 0 Å². The van der Waals surface area contributed by atoms with Gasteiger partial charge in [-0.05, 0) is 37.3 Å². The van der Waals surface area contributed by atoms with Crippen LogP contribution in [0, 0.1) is 18.3 Å². The van der Waals surface area contributed by atoms with E-state index < -0.39 is 0 Å². The first-order chi connectivity index (χ1) is 9.11. The zero-order chi connectivity index (χ0) is 13.8. The molecule has 0 aliphatic heterocycles. The lowest BCUT2D eigenvalue weighted by Gasteiger charge is -2.17. The molecule has 1 aromatic heterocycles. The van der Waals surface area contributed by atoms with Gasteiger partial charge in [0.25, 0.3) is 5.91 Å². The monoisotopic (exact) mass is 251 g/mol. The van der Waals surface area contributed by atoms with Gasteiger partial charge >= 0.3 is 0 Å². The molecule has 94 valence electrons. The fourth-order valence-electron chi connectivity index (χ4n) is 1.77. The smallest absolute Gasteiger partial charge is 0.258 e. The van der Waals surface area contributed by atoms with Crippen LogP contribution in [0.3, 0.4) is 0 Å². The lowest BCUT2D eigenvalue weighted by atomic mass is 10.1. The highest BCUT2D eigenvalue weighted by atomic mass is 16.2. The minimum atomic E-state index is -0.124. The topological polar surface area (TPSA) is 57.0 Å². The van der Waals surface area contributed by atoms with Crippen LogP contribution in [0.1, 0.15) is 21.6 Å². The molecule has 0 aliphatic rings. The van der Waals surface area contributed by atoms with E-state index in [2.05, 4.69) is 11.1 Å². The molecule has 0 atom stereocenters. The number of benzene rings is 1. The number of pyridine rings is 1. The van der Waals surface area contributed by atoms with Crippen molar-refractivity contribution in [3.05, 3.63) is 59.4 Å². The van der Waals surface area contributed by atoms with E-state index in [4.69, 9.17) is 5.26 Å². The number of carbonyl (C=O) groups excluding carboxylic acids is 1. The Labute approximate surface area is 111 Å². The summed E-state index contributed by atoms with van der Waals surface area (Å²) in [6.07, 6.45) is 1.61. The first kappa shape index (κ1) is 12.8. The van der Waals surface area contributed by atoms with Crippen molar-refractivity contribution in [2.75, 3.05) is 11.9 Å². The van der Waals surface area contributed by atoms with Gasteiger partial charge in [-0.3, -0.25) is 9.78 Å². The maximum atomic E-state index is 12.3. The number of nitrogens with zero attached hydrogens (tertiary/aromatic N) is 3. The lowest BCUT2D eigenvalue weighted by Crippen LogP contribution is -2.26. The van der Waals surface area contributed by atoms with Crippen molar-refractivity contribution in [3.8, 4) is 6.07 Å². The fourth-order valence-corrected chi connectivity index (χ4v) is 1.77. The van der Waals surface area contributed by atoms with Crippen molar-refractivity contribution in [2.24, 2.45) is 0 Å². The Bertz CT molecular complexity index is 658. The van der Waals surface area contributed by atoms with Gasteiger partial charge in [0.1, 0.15) is 0 Å². The minimum absolute atomic E-state index is 0.124. The Morgan fingerprint density at radius 2 is 2.11 bits per heavy atom. The van der Waals surface area contributed by atoms with Gasteiger partial charge in [0, 0.05) is 30.2 Å². The number of amides is 1. The van der Waals surface area contributed by atoms with Gasteiger partial charge in [-0.25, -0.2) is 0 Å². The molecule has 0 unspecified atom stereocenters. The van der Waals surface area contributed by atoms with Gasteiger partial charge in [-0.15, -0.1) is 0 Å². The predicted molar refractivity (Wildman–Crippen MR) is 72.9 cm³/mol. The average Bonchev–Trinajstić information content (AvgIpc) is 2.45. The largest absolute Gasteiger partial charge is 0.311 e. The first-order valence-corrected chi connectivity index (χ1v) is 5.82. The summed E-state index contributed by atoms with van der Waals surface area (Å²) in [6.45, 7) is 1.84. The van der Waals surface area contributed by atoms with Gasteiger partial charge in [-0.2, -0.15) is 5.26 Å². The molecule has 4 heteroatoms. The Hall–Kier alpha value is -2.67. The molecule has 0 N–H and O–H groups in total. The summed E-state index contributed by atoms with van der Waals surface area (Å²) < 4.78 is 0. The van der Waals surface area contributed by atoms with E-state index in [-0.39, 0.29) is 5.91 Å². The Kier molecular flexibility index (Phi) is 3.58. The zero-order valence-corrected chi connectivity index (χ0v) is 10.8.